The molecular weight excluding hydrogens is 262 g/mol. The van der Waals surface area contributed by atoms with Crippen molar-refractivity contribution in [3.8, 4) is 17.1 Å². The lowest BCUT2D eigenvalue weighted by Gasteiger charge is -2.09. The van der Waals surface area contributed by atoms with E-state index in [4.69, 9.17) is 16.3 Å². The highest BCUT2D eigenvalue weighted by Crippen LogP contribution is 2.31. The molecule has 0 fully saturated rings. The van der Waals surface area contributed by atoms with Crippen molar-refractivity contribution in [1.82, 2.24) is 15.3 Å². The summed E-state index contributed by atoms with van der Waals surface area (Å²) < 4.78 is 5.21. The van der Waals surface area contributed by atoms with Crippen LogP contribution < -0.4 is 10.1 Å². The zero-order valence-electron chi connectivity index (χ0n) is 11.0. The van der Waals surface area contributed by atoms with Crippen LogP contribution in [0, 0.1) is 0 Å². The predicted octanol–water partition coefficient (Wildman–Crippen LogP) is 2.92. The van der Waals surface area contributed by atoms with E-state index in [1.165, 1.54) is 0 Å². The van der Waals surface area contributed by atoms with Crippen LogP contribution in [0.3, 0.4) is 0 Å². The van der Waals surface area contributed by atoms with E-state index in [-0.39, 0.29) is 0 Å². The Balaban J connectivity index is 2.35. The molecule has 1 aromatic carbocycles. The standard InChI is InChI=1S/C14H16ClN3O/c1-3-16-9-10-4-5-11(12(15)8-10)13-14(19-2)18-7-6-17-13/h4-8,16H,3,9H2,1-2H3. The van der Waals surface area contributed by atoms with Gasteiger partial charge in [0.25, 0.3) is 0 Å². The van der Waals surface area contributed by atoms with Gasteiger partial charge in [-0.3, -0.25) is 0 Å². The molecule has 0 unspecified atom stereocenters. The minimum Gasteiger partial charge on any atom is -0.479 e. The molecule has 4 nitrogen and oxygen atoms in total. The van der Waals surface area contributed by atoms with Gasteiger partial charge in [0.2, 0.25) is 5.88 Å². The molecule has 0 saturated carbocycles. The van der Waals surface area contributed by atoms with E-state index >= 15 is 0 Å². The van der Waals surface area contributed by atoms with E-state index < -0.39 is 0 Å². The first kappa shape index (κ1) is 13.8. The van der Waals surface area contributed by atoms with Crippen molar-refractivity contribution in [2.75, 3.05) is 13.7 Å². The van der Waals surface area contributed by atoms with Crippen LogP contribution >= 0.6 is 11.6 Å². The fraction of sp³-hybridized carbons (Fsp3) is 0.286. The monoisotopic (exact) mass is 277 g/mol. The Labute approximate surface area is 117 Å². The molecule has 0 aliphatic carbocycles. The van der Waals surface area contributed by atoms with Gasteiger partial charge >= 0.3 is 0 Å². The minimum atomic E-state index is 0.476. The molecular formula is C14H16ClN3O. The highest BCUT2D eigenvalue weighted by atomic mass is 35.5. The molecule has 19 heavy (non-hydrogen) atoms. The highest BCUT2D eigenvalue weighted by Gasteiger charge is 2.12. The fourth-order valence-corrected chi connectivity index (χ4v) is 2.08. The number of rotatable bonds is 5. The maximum Gasteiger partial charge on any atom is 0.240 e. The third-order valence-electron chi connectivity index (χ3n) is 2.73. The van der Waals surface area contributed by atoms with Gasteiger partial charge in [0.05, 0.1) is 12.1 Å². The largest absolute Gasteiger partial charge is 0.479 e. The second kappa shape index (κ2) is 6.50. The van der Waals surface area contributed by atoms with E-state index in [2.05, 4.69) is 22.2 Å². The van der Waals surface area contributed by atoms with Crippen LogP contribution in [0.15, 0.2) is 30.6 Å². The Morgan fingerprint density at radius 2 is 2.05 bits per heavy atom. The number of methoxy groups -OCH3 is 1. The van der Waals surface area contributed by atoms with Gasteiger partial charge in [-0.2, -0.15) is 0 Å². The zero-order chi connectivity index (χ0) is 13.7. The molecule has 1 aromatic heterocycles. The van der Waals surface area contributed by atoms with Crippen LogP contribution in [0.5, 0.6) is 5.88 Å². The van der Waals surface area contributed by atoms with Crippen molar-refractivity contribution in [2.24, 2.45) is 0 Å². The number of benzene rings is 1. The van der Waals surface area contributed by atoms with Crippen molar-refractivity contribution < 1.29 is 4.74 Å². The van der Waals surface area contributed by atoms with Gasteiger partial charge in [-0.25, -0.2) is 9.97 Å². The lowest BCUT2D eigenvalue weighted by atomic mass is 10.1. The molecule has 1 heterocycles. The van der Waals surface area contributed by atoms with E-state index in [9.17, 15) is 0 Å². The molecule has 100 valence electrons. The first-order valence-corrected chi connectivity index (χ1v) is 6.48. The van der Waals surface area contributed by atoms with Gasteiger partial charge in [-0.15, -0.1) is 0 Å². The maximum absolute atomic E-state index is 6.32. The number of aromatic nitrogens is 2. The van der Waals surface area contributed by atoms with Gasteiger partial charge < -0.3 is 10.1 Å². The summed E-state index contributed by atoms with van der Waals surface area (Å²) in [6.07, 6.45) is 3.22. The summed E-state index contributed by atoms with van der Waals surface area (Å²) in [7, 11) is 1.57. The Morgan fingerprint density at radius 3 is 2.74 bits per heavy atom. The van der Waals surface area contributed by atoms with Gasteiger partial charge in [-0.05, 0) is 18.2 Å². The van der Waals surface area contributed by atoms with Crippen LogP contribution in [0.1, 0.15) is 12.5 Å². The molecule has 0 spiro atoms. The number of nitrogens with zero attached hydrogens (tertiary/aromatic N) is 2. The quantitative estimate of drug-likeness (QED) is 0.913. The number of hydrogen-bond acceptors (Lipinski definition) is 4. The third-order valence-corrected chi connectivity index (χ3v) is 3.04. The van der Waals surface area contributed by atoms with Crippen molar-refractivity contribution in [2.45, 2.75) is 13.5 Å². The third kappa shape index (κ3) is 3.22. The maximum atomic E-state index is 6.32. The normalized spacial score (nSPS) is 10.5. The Bertz CT molecular complexity index is 560. The first-order valence-electron chi connectivity index (χ1n) is 6.10. The molecule has 0 saturated heterocycles. The van der Waals surface area contributed by atoms with Gasteiger partial charge in [0.15, 0.2) is 0 Å². The molecule has 2 rings (SSSR count). The van der Waals surface area contributed by atoms with Crippen molar-refractivity contribution >= 4 is 11.6 Å². The Kier molecular flexibility index (Phi) is 4.71. The number of ether oxygens (including phenoxy) is 1. The molecule has 0 bridgehead atoms. The Hall–Kier alpha value is -1.65. The molecule has 5 heteroatoms. The zero-order valence-corrected chi connectivity index (χ0v) is 11.7. The SMILES string of the molecule is CCNCc1ccc(-c2nccnc2OC)c(Cl)c1. The Morgan fingerprint density at radius 1 is 1.26 bits per heavy atom. The lowest BCUT2D eigenvalue weighted by molar-refractivity contribution is 0.398. The molecule has 0 radical (unpaired) electrons. The van der Waals surface area contributed by atoms with Gasteiger partial charge in [0, 0.05) is 24.5 Å². The van der Waals surface area contributed by atoms with Crippen LogP contribution in [-0.2, 0) is 6.54 Å². The first-order chi connectivity index (χ1) is 9.26. The number of halogens is 1. The van der Waals surface area contributed by atoms with Gasteiger partial charge in [-0.1, -0.05) is 30.7 Å². The predicted molar refractivity (Wildman–Crippen MR) is 76.4 cm³/mol. The topological polar surface area (TPSA) is 47.0 Å². The summed E-state index contributed by atoms with van der Waals surface area (Å²) in [5, 5.41) is 3.91. The van der Waals surface area contributed by atoms with E-state index in [1.807, 2.05) is 18.2 Å². The van der Waals surface area contributed by atoms with Crippen molar-refractivity contribution in [1.29, 1.82) is 0 Å². The summed E-state index contributed by atoms with van der Waals surface area (Å²) in [6, 6.07) is 5.91. The summed E-state index contributed by atoms with van der Waals surface area (Å²) in [5.74, 6) is 0.476. The molecule has 0 aliphatic rings. The van der Waals surface area contributed by atoms with E-state index in [1.54, 1.807) is 19.5 Å². The second-order valence-electron chi connectivity index (χ2n) is 4.01. The van der Waals surface area contributed by atoms with Crippen LogP contribution in [0.4, 0.5) is 0 Å². The second-order valence-corrected chi connectivity index (χ2v) is 4.42. The fourth-order valence-electron chi connectivity index (χ4n) is 1.79. The van der Waals surface area contributed by atoms with E-state index in [0.717, 1.165) is 24.2 Å². The highest BCUT2D eigenvalue weighted by molar-refractivity contribution is 6.33. The molecule has 0 amide bonds. The van der Waals surface area contributed by atoms with Crippen molar-refractivity contribution in [3.05, 3.63) is 41.2 Å². The molecule has 0 aliphatic heterocycles. The van der Waals surface area contributed by atoms with Gasteiger partial charge in [0.1, 0.15) is 5.69 Å². The average Bonchev–Trinajstić information content (AvgIpc) is 2.45. The van der Waals surface area contributed by atoms with Crippen LogP contribution in [-0.4, -0.2) is 23.6 Å². The summed E-state index contributed by atoms with van der Waals surface area (Å²) >= 11 is 6.32. The van der Waals surface area contributed by atoms with E-state index in [0.29, 0.717) is 16.6 Å². The summed E-state index contributed by atoms with van der Waals surface area (Å²) in [6.45, 7) is 3.80. The number of nitrogens with one attached hydrogen (secondary N) is 1. The summed E-state index contributed by atoms with van der Waals surface area (Å²) in [5.41, 5.74) is 2.62. The summed E-state index contributed by atoms with van der Waals surface area (Å²) in [4.78, 5) is 8.42. The average molecular weight is 278 g/mol. The van der Waals surface area contributed by atoms with Crippen molar-refractivity contribution in [3.63, 3.8) is 0 Å². The molecule has 0 atom stereocenters. The number of hydrogen-bond donors (Lipinski definition) is 1. The minimum absolute atomic E-state index is 0.476. The van der Waals surface area contributed by atoms with Crippen LogP contribution in [0.25, 0.3) is 11.3 Å². The lowest BCUT2D eigenvalue weighted by Crippen LogP contribution is -2.11. The van der Waals surface area contributed by atoms with Crippen LogP contribution in [0.2, 0.25) is 5.02 Å². The smallest absolute Gasteiger partial charge is 0.240 e. The molecule has 2 aromatic rings. The molecule has 1 N–H and O–H groups in total.